The van der Waals surface area contributed by atoms with E-state index < -0.39 is 0 Å². The lowest BCUT2D eigenvalue weighted by atomic mass is 10.1. The number of thioether (sulfide) groups is 1. The molecule has 1 aliphatic rings. The summed E-state index contributed by atoms with van der Waals surface area (Å²) in [5.74, 6) is 1.25. The molecule has 0 aromatic carbocycles. The maximum atomic E-state index is 9.34. The minimum atomic E-state index is -0.0440. The van der Waals surface area contributed by atoms with Crippen LogP contribution in [0.3, 0.4) is 0 Å². The van der Waals surface area contributed by atoms with Crippen LogP contribution in [-0.2, 0) is 0 Å². The van der Waals surface area contributed by atoms with E-state index in [1.165, 1.54) is 18.6 Å². The summed E-state index contributed by atoms with van der Waals surface area (Å²) in [4.78, 5) is 0. The molecule has 0 amide bonds. The lowest BCUT2D eigenvalue weighted by Crippen LogP contribution is -2.18. The maximum Gasteiger partial charge on any atom is 0.0656 e. The van der Waals surface area contributed by atoms with E-state index in [1.54, 1.807) is 0 Å². The van der Waals surface area contributed by atoms with Gasteiger partial charge in [0.15, 0.2) is 0 Å². The normalized spacial score (nSPS) is 30.7. The molecule has 0 radical (unpaired) electrons. The fourth-order valence-electron chi connectivity index (χ4n) is 1.17. The fraction of sp³-hybridized carbons (Fsp3) is 1.00. The van der Waals surface area contributed by atoms with Gasteiger partial charge in [-0.15, -0.1) is 0 Å². The van der Waals surface area contributed by atoms with E-state index in [1.807, 2.05) is 18.7 Å². The standard InChI is InChI=1S/C7H14OS/c1-2-6(8)7-4-3-5-9-7/h6-8H,2-5H2,1H3. The van der Waals surface area contributed by atoms with Gasteiger partial charge in [-0.25, -0.2) is 0 Å². The molecule has 0 spiro atoms. The molecule has 0 saturated carbocycles. The Morgan fingerprint density at radius 3 is 3.00 bits per heavy atom. The summed E-state index contributed by atoms with van der Waals surface area (Å²) >= 11 is 1.93. The minimum absolute atomic E-state index is 0.0440. The number of aliphatic hydroxyl groups excluding tert-OH is 1. The molecule has 0 bridgehead atoms. The van der Waals surface area contributed by atoms with Crippen LogP contribution >= 0.6 is 11.8 Å². The highest BCUT2D eigenvalue weighted by Crippen LogP contribution is 2.29. The highest BCUT2D eigenvalue weighted by Gasteiger charge is 2.21. The second-order valence-electron chi connectivity index (χ2n) is 2.53. The molecule has 1 heterocycles. The van der Waals surface area contributed by atoms with Gasteiger partial charge in [-0.2, -0.15) is 11.8 Å². The Bertz CT molecular complexity index is 79.0. The van der Waals surface area contributed by atoms with E-state index >= 15 is 0 Å². The Labute approximate surface area is 60.8 Å². The molecular weight excluding hydrogens is 132 g/mol. The van der Waals surface area contributed by atoms with Gasteiger partial charge in [-0.3, -0.25) is 0 Å². The molecule has 2 atom stereocenters. The van der Waals surface area contributed by atoms with Gasteiger partial charge in [0, 0.05) is 5.25 Å². The Balaban J connectivity index is 2.24. The van der Waals surface area contributed by atoms with Crippen LogP contribution in [-0.4, -0.2) is 22.2 Å². The van der Waals surface area contributed by atoms with Gasteiger partial charge in [0.05, 0.1) is 6.10 Å². The third kappa shape index (κ3) is 1.87. The molecule has 54 valence electrons. The highest BCUT2D eigenvalue weighted by atomic mass is 32.2. The Hall–Kier alpha value is 0.310. The SMILES string of the molecule is CCC(O)C1CCCS1. The molecule has 1 saturated heterocycles. The summed E-state index contributed by atoms with van der Waals surface area (Å²) in [6.07, 6.45) is 3.39. The average Bonchev–Trinajstić information content (AvgIpc) is 2.37. The van der Waals surface area contributed by atoms with Crippen molar-refractivity contribution in [2.75, 3.05) is 5.75 Å². The number of hydrogen-bond donors (Lipinski definition) is 1. The lowest BCUT2D eigenvalue weighted by molar-refractivity contribution is 0.166. The van der Waals surface area contributed by atoms with Crippen molar-refractivity contribution in [1.82, 2.24) is 0 Å². The highest BCUT2D eigenvalue weighted by molar-refractivity contribution is 8.00. The van der Waals surface area contributed by atoms with Crippen LogP contribution < -0.4 is 0 Å². The minimum Gasteiger partial charge on any atom is -0.392 e. The molecule has 1 aliphatic heterocycles. The van der Waals surface area contributed by atoms with Crippen molar-refractivity contribution in [3.63, 3.8) is 0 Å². The summed E-state index contributed by atoms with van der Waals surface area (Å²) in [5.41, 5.74) is 0. The Morgan fingerprint density at radius 2 is 2.56 bits per heavy atom. The molecular formula is C7H14OS. The van der Waals surface area contributed by atoms with Gasteiger partial charge >= 0.3 is 0 Å². The van der Waals surface area contributed by atoms with Crippen molar-refractivity contribution in [2.24, 2.45) is 0 Å². The molecule has 0 aliphatic carbocycles. The molecule has 1 rings (SSSR count). The monoisotopic (exact) mass is 146 g/mol. The van der Waals surface area contributed by atoms with Gasteiger partial charge in [0.1, 0.15) is 0 Å². The first-order valence-electron chi connectivity index (χ1n) is 3.64. The topological polar surface area (TPSA) is 20.2 Å². The summed E-state index contributed by atoms with van der Waals surface area (Å²) in [6.45, 7) is 2.05. The van der Waals surface area contributed by atoms with Gasteiger partial charge in [0.25, 0.3) is 0 Å². The van der Waals surface area contributed by atoms with E-state index in [-0.39, 0.29) is 6.10 Å². The van der Waals surface area contributed by atoms with Crippen LogP contribution in [0.1, 0.15) is 26.2 Å². The molecule has 0 aromatic heterocycles. The first-order chi connectivity index (χ1) is 4.34. The lowest BCUT2D eigenvalue weighted by Gasteiger charge is -2.13. The number of aliphatic hydroxyl groups is 1. The van der Waals surface area contributed by atoms with Gasteiger partial charge in [0.2, 0.25) is 0 Å². The third-order valence-corrected chi connectivity index (χ3v) is 3.31. The second kappa shape index (κ2) is 3.47. The Kier molecular flexibility index (Phi) is 2.86. The second-order valence-corrected chi connectivity index (χ2v) is 3.87. The van der Waals surface area contributed by atoms with E-state index in [9.17, 15) is 5.11 Å². The van der Waals surface area contributed by atoms with Crippen molar-refractivity contribution in [3.8, 4) is 0 Å². The van der Waals surface area contributed by atoms with Crippen LogP contribution in [0.5, 0.6) is 0 Å². The average molecular weight is 146 g/mol. The van der Waals surface area contributed by atoms with Crippen molar-refractivity contribution >= 4 is 11.8 Å². The van der Waals surface area contributed by atoms with Crippen LogP contribution in [0.15, 0.2) is 0 Å². The van der Waals surface area contributed by atoms with Crippen LogP contribution in [0.25, 0.3) is 0 Å². The van der Waals surface area contributed by atoms with E-state index in [0.29, 0.717) is 5.25 Å². The molecule has 0 aromatic rings. The van der Waals surface area contributed by atoms with Crippen molar-refractivity contribution < 1.29 is 5.11 Å². The molecule has 9 heavy (non-hydrogen) atoms. The third-order valence-electron chi connectivity index (χ3n) is 1.81. The zero-order valence-corrected chi connectivity index (χ0v) is 6.66. The molecule has 1 nitrogen and oxygen atoms in total. The summed E-state index contributed by atoms with van der Waals surface area (Å²) in [6, 6.07) is 0. The van der Waals surface area contributed by atoms with Gasteiger partial charge in [-0.1, -0.05) is 6.92 Å². The van der Waals surface area contributed by atoms with Gasteiger partial charge in [-0.05, 0) is 25.0 Å². The van der Waals surface area contributed by atoms with Crippen molar-refractivity contribution in [3.05, 3.63) is 0 Å². The van der Waals surface area contributed by atoms with E-state index in [4.69, 9.17) is 0 Å². The maximum absolute atomic E-state index is 9.34. The molecule has 1 fully saturated rings. The molecule has 1 N–H and O–H groups in total. The number of rotatable bonds is 2. The predicted molar refractivity (Wildman–Crippen MR) is 41.8 cm³/mol. The zero-order valence-electron chi connectivity index (χ0n) is 5.84. The molecule has 2 unspecified atom stereocenters. The van der Waals surface area contributed by atoms with Crippen LogP contribution in [0.2, 0.25) is 0 Å². The largest absolute Gasteiger partial charge is 0.392 e. The first kappa shape index (κ1) is 7.42. The van der Waals surface area contributed by atoms with Crippen LogP contribution in [0, 0.1) is 0 Å². The number of hydrogen-bond acceptors (Lipinski definition) is 2. The van der Waals surface area contributed by atoms with E-state index in [2.05, 4.69) is 0 Å². The van der Waals surface area contributed by atoms with Crippen molar-refractivity contribution in [1.29, 1.82) is 0 Å². The first-order valence-corrected chi connectivity index (χ1v) is 4.69. The van der Waals surface area contributed by atoms with Crippen LogP contribution in [0.4, 0.5) is 0 Å². The summed E-state index contributed by atoms with van der Waals surface area (Å²) < 4.78 is 0. The quantitative estimate of drug-likeness (QED) is 0.639. The molecule has 2 heteroatoms. The van der Waals surface area contributed by atoms with Gasteiger partial charge < -0.3 is 5.11 Å². The summed E-state index contributed by atoms with van der Waals surface area (Å²) in [7, 11) is 0. The predicted octanol–water partition coefficient (Wildman–Crippen LogP) is 1.65. The smallest absolute Gasteiger partial charge is 0.0656 e. The zero-order chi connectivity index (χ0) is 6.69. The Morgan fingerprint density at radius 1 is 1.78 bits per heavy atom. The summed E-state index contributed by atoms with van der Waals surface area (Å²) in [5, 5.41) is 9.89. The fourth-order valence-corrected chi connectivity index (χ4v) is 2.55. The van der Waals surface area contributed by atoms with E-state index in [0.717, 1.165) is 6.42 Å². The van der Waals surface area contributed by atoms with Crippen molar-refractivity contribution in [2.45, 2.75) is 37.5 Å².